The number of carbonyl (C=O) groups is 1. The number of methoxy groups -OCH3 is 1. The van der Waals surface area contributed by atoms with Gasteiger partial charge in [-0.1, -0.05) is 65.9 Å². The highest BCUT2D eigenvalue weighted by atomic mass is 32.1. The van der Waals surface area contributed by atoms with Crippen LogP contribution in [-0.4, -0.2) is 24.3 Å². The summed E-state index contributed by atoms with van der Waals surface area (Å²) in [5.41, 5.74) is 3.30. The molecule has 2 heterocycles. The van der Waals surface area contributed by atoms with Crippen LogP contribution >= 0.6 is 11.3 Å². The van der Waals surface area contributed by atoms with Crippen LogP contribution in [-0.2, 0) is 16.1 Å². The minimum absolute atomic E-state index is 0.220. The minimum atomic E-state index is -0.672. The number of allylic oxidation sites excluding steroid dienone is 1. The number of fused-ring (bicyclic) bond motifs is 1. The van der Waals surface area contributed by atoms with E-state index in [1.165, 1.54) is 11.3 Å². The van der Waals surface area contributed by atoms with Crippen molar-refractivity contribution < 1.29 is 19.0 Å². The first kappa shape index (κ1) is 26.2. The van der Waals surface area contributed by atoms with E-state index in [0.29, 0.717) is 38.7 Å². The third-order valence-electron chi connectivity index (χ3n) is 6.35. The van der Waals surface area contributed by atoms with Crippen molar-refractivity contribution in [2.24, 2.45) is 4.99 Å². The number of hydrogen-bond acceptors (Lipinski definition) is 7. The molecule has 0 spiro atoms. The molecule has 7 nitrogen and oxygen atoms in total. The maximum atomic E-state index is 13.8. The molecule has 1 aromatic heterocycles. The first-order valence-electron chi connectivity index (χ1n) is 12.6. The molecule has 198 valence electrons. The maximum Gasteiger partial charge on any atom is 0.338 e. The second kappa shape index (κ2) is 11.5. The number of thiazole rings is 1. The lowest BCUT2D eigenvalue weighted by molar-refractivity contribution is -0.139. The Balaban J connectivity index is 1.55. The zero-order chi connectivity index (χ0) is 27.4. The van der Waals surface area contributed by atoms with Crippen LogP contribution in [0.1, 0.15) is 36.6 Å². The summed E-state index contributed by atoms with van der Waals surface area (Å²) in [5, 5.41) is 0. The molecule has 1 unspecified atom stereocenters. The largest absolute Gasteiger partial charge is 0.497 e. The summed E-state index contributed by atoms with van der Waals surface area (Å²) >= 11 is 1.29. The van der Waals surface area contributed by atoms with Gasteiger partial charge < -0.3 is 14.2 Å². The van der Waals surface area contributed by atoms with Crippen molar-refractivity contribution >= 4 is 23.4 Å². The zero-order valence-corrected chi connectivity index (χ0v) is 22.7. The summed E-state index contributed by atoms with van der Waals surface area (Å²) < 4.78 is 18.7. The van der Waals surface area contributed by atoms with Crippen LogP contribution in [0.5, 0.6) is 11.5 Å². The Hall–Kier alpha value is -4.43. The molecule has 0 saturated carbocycles. The lowest BCUT2D eigenvalue weighted by Crippen LogP contribution is -2.39. The third-order valence-corrected chi connectivity index (χ3v) is 7.34. The van der Waals surface area contributed by atoms with Crippen molar-refractivity contribution in [3.63, 3.8) is 0 Å². The molecule has 0 radical (unpaired) electrons. The topological polar surface area (TPSA) is 79.1 Å². The van der Waals surface area contributed by atoms with E-state index in [0.717, 1.165) is 16.7 Å². The molecule has 0 aliphatic carbocycles. The van der Waals surface area contributed by atoms with Crippen molar-refractivity contribution in [2.45, 2.75) is 26.5 Å². The first-order chi connectivity index (χ1) is 19.0. The summed E-state index contributed by atoms with van der Waals surface area (Å²) in [5.74, 6) is 0.896. The van der Waals surface area contributed by atoms with Gasteiger partial charge in [-0.05, 0) is 60.9 Å². The zero-order valence-electron chi connectivity index (χ0n) is 21.9. The lowest BCUT2D eigenvalue weighted by atomic mass is 9.96. The van der Waals surface area contributed by atoms with E-state index in [1.807, 2.05) is 84.9 Å². The monoisotopic (exact) mass is 540 g/mol. The highest BCUT2D eigenvalue weighted by Crippen LogP contribution is 2.31. The molecule has 1 atom stereocenters. The normalized spacial score (nSPS) is 14.9. The number of benzene rings is 3. The molecule has 1 aliphatic rings. The summed E-state index contributed by atoms with van der Waals surface area (Å²) in [6.45, 7) is 4.19. The molecule has 3 aromatic carbocycles. The van der Waals surface area contributed by atoms with Gasteiger partial charge in [-0.25, -0.2) is 9.79 Å². The van der Waals surface area contributed by atoms with Gasteiger partial charge in [0.25, 0.3) is 5.56 Å². The van der Waals surface area contributed by atoms with Crippen LogP contribution in [0.2, 0.25) is 0 Å². The fourth-order valence-corrected chi connectivity index (χ4v) is 5.53. The lowest BCUT2D eigenvalue weighted by Gasteiger charge is -2.24. The van der Waals surface area contributed by atoms with Crippen LogP contribution in [0.15, 0.2) is 99.9 Å². The summed E-state index contributed by atoms with van der Waals surface area (Å²) in [7, 11) is 1.59. The number of esters is 1. The van der Waals surface area contributed by atoms with Gasteiger partial charge in [0.2, 0.25) is 0 Å². The molecule has 8 heteroatoms. The van der Waals surface area contributed by atoms with E-state index in [-0.39, 0.29) is 12.2 Å². The highest BCUT2D eigenvalue weighted by molar-refractivity contribution is 7.07. The number of nitrogens with zero attached hydrogens (tertiary/aromatic N) is 2. The molecule has 1 aliphatic heterocycles. The quantitative estimate of drug-likeness (QED) is 0.310. The SMILES string of the molecule is CCOC(=O)C1=C(C)N=c2s/c(=C/c3cccc(OCc4ccccc4)c3)c(=O)n2C1c1ccc(OC)cc1. The second-order valence-electron chi connectivity index (χ2n) is 8.92. The van der Waals surface area contributed by atoms with Crippen LogP contribution in [0.4, 0.5) is 0 Å². The first-order valence-corrected chi connectivity index (χ1v) is 13.4. The van der Waals surface area contributed by atoms with Crippen molar-refractivity contribution in [1.82, 2.24) is 4.57 Å². The smallest absolute Gasteiger partial charge is 0.338 e. The van der Waals surface area contributed by atoms with Crippen molar-refractivity contribution in [3.8, 4) is 11.5 Å². The van der Waals surface area contributed by atoms with Crippen LogP contribution < -0.4 is 24.4 Å². The summed E-state index contributed by atoms with van der Waals surface area (Å²) in [4.78, 5) is 32.0. The Morgan fingerprint density at radius 1 is 1.03 bits per heavy atom. The molecule has 5 rings (SSSR count). The van der Waals surface area contributed by atoms with Gasteiger partial charge in [0.15, 0.2) is 4.80 Å². The summed E-state index contributed by atoms with van der Waals surface area (Å²) in [6, 6.07) is 24.2. The second-order valence-corrected chi connectivity index (χ2v) is 9.93. The molecular formula is C31H28N2O5S. The van der Waals surface area contributed by atoms with Crippen molar-refractivity contribution in [1.29, 1.82) is 0 Å². The van der Waals surface area contributed by atoms with E-state index < -0.39 is 12.0 Å². The van der Waals surface area contributed by atoms with E-state index in [2.05, 4.69) is 4.99 Å². The van der Waals surface area contributed by atoms with Gasteiger partial charge in [-0.2, -0.15) is 0 Å². The molecule has 0 N–H and O–H groups in total. The Morgan fingerprint density at radius 2 is 1.79 bits per heavy atom. The van der Waals surface area contributed by atoms with Gasteiger partial charge in [-0.3, -0.25) is 9.36 Å². The van der Waals surface area contributed by atoms with E-state index in [4.69, 9.17) is 14.2 Å². The Kier molecular flexibility index (Phi) is 7.74. The van der Waals surface area contributed by atoms with Gasteiger partial charge >= 0.3 is 5.97 Å². The molecule has 0 fully saturated rings. The van der Waals surface area contributed by atoms with Crippen LogP contribution in [0.3, 0.4) is 0 Å². The Labute approximate surface area is 229 Å². The van der Waals surface area contributed by atoms with Gasteiger partial charge in [-0.15, -0.1) is 0 Å². The number of ether oxygens (including phenoxy) is 3. The average molecular weight is 541 g/mol. The minimum Gasteiger partial charge on any atom is -0.497 e. The fourth-order valence-electron chi connectivity index (χ4n) is 4.48. The number of aromatic nitrogens is 1. The number of carbonyl (C=O) groups excluding carboxylic acids is 1. The Bertz CT molecular complexity index is 1700. The predicted molar refractivity (Wildman–Crippen MR) is 151 cm³/mol. The van der Waals surface area contributed by atoms with Gasteiger partial charge in [0.05, 0.1) is 35.6 Å². The highest BCUT2D eigenvalue weighted by Gasteiger charge is 2.33. The van der Waals surface area contributed by atoms with Crippen LogP contribution in [0, 0.1) is 0 Å². The molecule has 0 amide bonds. The summed E-state index contributed by atoms with van der Waals surface area (Å²) in [6.07, 6.45) is 1.83. The van der Waals surface area contributed by atoms with E-state index in [9.17, 15) is 9.59 Å². The molecule has 0 saturated heterocycles. The number of hydrogen-bond donors (Lipinski definition) is 0. The van der Waals surface area contributed by atoms with Crippen LogP contribution in [0.25, 0.3) is 6.08 Å². The van der Waals surface area contributed by atoms with Crippen molar-refractivity contribution in [2.75, 3.05) is 13.7 Å². The molecule has 39 heavy (non-hydrogen) atoms. The average Bonchev–Trinajstić information content (AvgIpc) is 3.26. The fraction of sp³-hybridized carbons (Fsp3) is 0.194. The molecular weight excluding hydrogens is 512 g/mol. The maximum absolute atomic E-state index is 13.8. The molecule has 0 bridgehead atoms. The standard InChI is InChI=1S/C31H28N2O5S/c1-4-37-30(35)27-20(2)32-31-33(28(27)23-13-15-24(36-3)16-14-23)29(34)26(39-31)18-22-11-8-12-25(17-22)38-19-21-9-6-5-7-10-21/h5-18,28H,4,19H2,1-3H3/b26-18+. The van der Waals surface area contributed by atoms with Crippen molar-refractivity contribution in [3.05, 3.63) is 127 Å². The van der Waals surface area contributed by atoms with E-state index >= 15 is 0 Å². The van der Waals surface area contributed by atoms with Gasteiger partial charge in [0.1, 0.15) is 18.1 Å². The van der Waals surface area contributed by atoms with Gasteiger partial charge in [0, 0.05) is 0 Å². The predicted octanol–water partition coefficient (Wildman–Crippen LogP) is 4.39. The van der Waals surface area contributed by atoms with E-state index in [1.54, 1.807) is 25.5 Å². The number of rotatable bonds is 8. The Morgan fingerprint density at radius 3 is 2.51 bits per heavy atom. The molecule has 4 aromatic rings. The third kappa shape index (κ3) is 5.56.